The summed E-state index contributed by atoms with van der Waals surface area (Å²) in [6, 6.07) is 8.40. The molecule has 1 aliphatic heterocycles. The molecule has 1 fully saturated rings. The minimum atomic E-state index is -0.382. The van der Waals surface area contributed by atoms with Gasteiger partial charge in [0.25, 0.3) is 11.8 Å². The molecule has 1 atom stereocenters. The number of rotatable bonds is 6. The van der Waals surface area contributed by atoms with Crippen LogP contribution in [0.2, 0.25) is 0 Å². The lowest BCUT2D eigenvalue weighted by molar-refractivity contribution is 0.0858. The number of amides is 2. The Morgan fingerprint density at radius 1 is 1.22 bits per heavy atom. The Hall–Kier alpha value is -3.17. The molecule has 2 aliphatic rings. The van der Waals surface area contributed by atoms with Gasteiger partial charge >= 0.3 is 0 Å². The molecule has 32 heavy (non-hydrogen) atoms. The van der Waals surface area contributed by atoms with E-state index in [4.69, 9.17) is 4.74 Å². The molecule has 2 amide bonds. The minimum absolute atomic E-state index is 0.0569. The van der Waals surface area contributed by atoms with Gasteiger partial charge in [-0.15, -0.1) is 11.3 Å². The molecule has 9 heteroatoms. The van der Waals surface area contributed by atoms with Gasteiger partial charge in [0, 0.05) is 23.6 Å². The fourth-order valence-electron chi connectivity index (χ4n) is 4.27. The molecule has 3 aromatic rings. The maximum absolute atomic E-state index is 13.0. The normalized spacial score (nSPS) is 17.3. The smallest absolute Gasteiger partial charge is 0.274 e. The number of H-pyrrole nitrogens is 1. The number of aromatic amines is 1. The van der Waals surface area contributed by atoms with Crippen LogP contribution < -0.4 is 10.6 Å². The van der Waals surface area contributed by atoms with Crippen molar-refractivity contribution in [2.24, 2.45) is 0 Å². The largest absolute Gasteiger partial charge is 0.507 e. The van der Waals surface area contributed by atoms with E-state index in [9.17, 15) is 14.7 Å². The van der Waals surface area contributed by atoms with E-state index in [-0.39, 0.29) is 29.4 Å². The van der Waals surface area contributed by atoms with Crippen LogP contribution in [0.3, 0.4) is 0 Å². The molecule has 5 rings (SSSR count). The van der Waals surface area contributed by atoms with Gasteiger partial charge in [-0.1, -0.05) is 12.1 Å². The summed E-state index contributed by atoms with van der Waals surface area (Å²) in [6.45, 7) is 1.21. The van der Waals surface area contributed by atoms with Gasteiger partial charge in [-0.25, -0.2) is 0 Å². The second-order valence-electron chi connectivity index (χ2n) is 8.04. The first-order chi connectivity index (χ1) is 15.6. The Balaban J connectivity index is 1.34. The third-order valence-electron chi connectivity index (χ3n) is 5.89. The number of aromatic nitrogens is 2. The van der Waals surface area contributed by atoms with E-state index in [2.05, 4.69) is 20.8 Å². The number of carbonyl (C=O) groups is 2. The lowest BCUT2D eigenvalue weighted by Crippen LogP contribution is -2.32. The van der Waals surface area contributed by atoms with E-state index in [1.165, 1.54) is 11.3 Å². The molecular formula is C23H24N4O4S. The van der Waals surface area contributed by atoms with Gasteiger partial charge in [0.1, 0.15) is 16.4 Å². The number of aryl methyl sites for hydroxylation is 1. The zero-order valence-electron chi connectivity index (χ0n) is 17.4. The molecule has 0 spiro atoms. The van der Waals surface area contributed by atoms with E-state index in [1.54, 1.807) is 30.3 Å². The van der Waals surface area contributed by atoms with Crippen LogP contribution in [0.15, 0.2) is 30.3 Å². The predicted molar refractivity (Wildman–Crippen MR) is 121 cm³/mol. The van der Waals surface area contributed by atoms with Gasteiger partial charge in [0.15, 0.2) is 0 Å². The number of hydrogen-bond donors (Lipinski definition) is 4. The average Bonchev–Trinajstić information content (AvgIpc) is 3.57. The Kier molecular flexibility index (Phi) is 5.67. The van der Waals surface area contributed by atoms with Crippen LogP contribution in [0, 0.1) is 0 Å². The molecule has 3 heterocycles. The van der Waals surface area contributed by atoms with Crippen LogP contribution in [0.25, 0.3) is 11.3 Å². The van der Waals surface area contributed by atoms with Crippen molar-refractivity contribution in [2.45, 2.75) is 38.2 Å². The first-order valence-corrected chi connectivity index (χ1v) is 11.6. The number of nitrogens with zero attached hydrogens (tertiary/aromatic N) is 1. The summed E-state index contributed by atoms with van der Waals surface area (Å²) in [7, 11) is 0. The Bertz CT molecular complexity index is 1160. The number of fused-ring (bicyclic) bond motifs is 1. The highest BCUT2D eigenvalue weighted by atomic mass is 32.1. The molecule has 1 saturated heterocycles. The molecular weight excluding hydrogens is 428 g/mol. The highest BCUT2D eigenvalue weighted by Gasteiger charge is 2.28. The molecule has 0 saturated carbocycles. The molecule has 0 bridgehead atoms. The van der Waals surface area contributed by atoms with E-state index in [1.807, 2.05) is 0 Å². The standard InChI is InChI=1S/C23H24N4O4S/c28-18-8-2-1-6-14(18)16-11-17(27-26-16)21(29)25-23-20(15-7-3-9-19(15)32-23)22(30)24-12-13-5-4-10-31-13/h1-2,6,8,11,13,28H,3-5,7,9-10,12H2,(H,24,30)(H,25,29)(H,26,27)/t13-/m1/s1. The molecule has 0 radical (unpaired) electrons. The SMILES string of the molecule is O=C(Nc1sc2c(c1C(=O)NC[C@H]1CCCO1)CCC2)c1cc(-c2ccccc2O)n[nH]1. The molecule has 1 aromatic carbocycles. The Labute approximate surface area is 189 Å². The van der Waals surface area contributed by atoms with Gasteiger partial charge < -0.3 is 20.5 Å². The summed E-state index contributed by atoms with van der Waals surface area (Å²) in [6.07, 6.45) is 4.80. The Morgan fingerprint density at radius 2 is 2.09 bits per heavy atom. The quantitative estimate of drug-likeness (QED) is 0.457. The van der Waals surface area contributed by atoms with Crippen molar-refractivity contribution in [1.82, 2.24) is 15.5 Å². The number of phenols is 1. The summed E-state index contributed by atoms with van der Waals surface area (Å²) < 4.78 is 5.60. The van der Waals surface area contributed by atoms with Crippen molar-refractivity contribution in [3.8, 4) is 17.0 Å². The van der Waals surface area contributed by atoms with Gasteiger partial charge in [-0.2, -0.15) is 5.10 Å². The predicted octanol–water partition coefficient (Wildman–Crippen LogP) is 3.49. The average molecular weight is 453 g/mol. The molecule has 8 nitrogen and oxygen atoms in total. The van der Waals surface area contributed by atoms with Crippen molar-refractivity contribution < 1.29 is 19.4 Å². The van der Waals surface area contributed by atoms with Crippen molar-refractivity contribution in [3.63, 3.8) is 0 Å². The number of ether oxygens (including phenoxy) is 1. The zero-order valence-corrected chi connectivity index (χ0v) is 18.3. The maximum atomic E-state index is 13.0. The van der Waals surface area contributed by atoms with Gasteiger partial charge in [0.05, 0.1) is 17.4 Å². The van der Waals surface area contributed by atoms with Gasteiger partial charge in [-0.05, 0) is 55.9 Å². The monoisotopic (exact) mass is 452 g/mol. The van der Waals surface area contributed by atoms with Gasteiger partial charge in [0.2, 0.25) is 0 Å². The topological polar surface area (TPSA) is 116 Å². The molecule has 2 aromatic heterocycles. The summed E-state index contributed by atoms with van der Waals surface area (Å²) >= 11 is 1.47. The third kappa shape index (κ3) is 4.01. The van der Waals surface area contributed by atoms with E-state index < -0.39 is 0 Å². The van der Waals surface area contributed by atoms with Crippen molar-refractivity contribution in [2.75, 3.05) is 18.5 Å². The number of nitrogens with one attached hydrogen (secondary N) is 3. The maximum Gasteiger partial charge on any atom is 0.274 e. The van der Waals surface area contributed by atoms with E-state index in [0.717, 1.165) is 49.2 Å². The van der Waals surface area contributed by atoms with E-state index >= 15 is 0 Å². The highest BCUT2D eigenvalue weighted by Crippen LogP contribution is 2.39. The van der Waals surface area contributed by atoms with Crippen LogP contribution in [0.4, 0.5) is 5.00 Å². The lowest BCUT2D eigenvalue weighted by Gasteiger charge is -2.12. The fraction of sp³-hybridized carbons (Fsp3) is 0.348. The van der Waals surface area contributed by atoms with Crippen molar-refractivity contribution in [3.05, 3.63) is 52.0 Å². The van der Waals surface area contributed by atoms with Crippen LogP contribution in [-0.4, -0.2) is 46.4 Å². The van der Waals surface area contributed by atoms with Crippen LogP contribution in [-0.2, 0) is 17.6 Å². The molecule has 0 unspecified atom stereocenters. The number of phenolic OH excluding ortho intramolecular Hbond substituents is 1. The lowest BCUT2D eigenvalue weighted by atomic mass is 10.1. The van der Waals surface area contributed by atoms with Crippen LogP contribution >= 0.6 is 11.3 Å². The first-order valence-electron chi connectivity index (χ1n) is 10.8. The molecule has 166 valence electrons. The van der Waals surface area contributed by atoms with Crippen molar-refractivity contribution >= 4 is 28.2 Å². The number of anilines is 1. The number of para-hydroxylation sites is 1. The van der Waals surface area contributed by atoms with E-state index in [0.29, 0.717) is 28.4 Å². The number of aromatic hydroxyl groups is 1. The summed E-state index contributed by atoms with van der Waals surface area (Å²) in [5.41, 5.74) is 2.86. The van der Waals surface area contributed by atoms with Gasteiger partial charge in [-0.3, -0.25) is 14.7 Å². The zero-order chi connectivity index (χ0) is 22.1. The third-order valence-corrected chi connectivity index (χ3v) is 7.10. The highest BCUT2D eigenvalue weighted by molar-refractivity contribution is 7.17. The minimum Gasteiger partial charge on any atom is -0.507 e. The number of benzene rings is 1. The van der Waals surface area contributed by atoms with Crippen LogP contribution in [0.5, 0.6) is 5.75 Å². The molecule has 1 aliphatic carbocycles. The number of carbonyl (C=O) groups excluding carboxylic acids is 2. The number of hydrogen-bond acceptors (Lipinski definition) is 6. The summed E-state index contributed by atoms with van der Waals surface area (Å²) in [4.78, 5) is 27.1. The molecule has 4 N–H and O–H groups in total. The summed E-state index contributed by atoms with van der Waals surface area (Å²) in [5.74, 6) is -0.465. The first kappa shape index (κ1) is 20.7. The number of thiophene rings is 1. The fourth-order valence-corrected chi connectivity index (χ4v) is 5.55. The Morgan fingerprint density at radius 3 is 2.91 bits per heavy atom. The van der Waals surface area contributed by atoms with Crippen molar-refractivity contribution in [1.29, 1.82) is 0 Å². The summed E-state index contributed by atoms with van der Waals surface area (Å²) in [5, 5.41) is 23.4. The van der Waals surface area contributed by atoms with Crippen LogP contribution in [0.1, 0.15) is 50.5 Å². The second kappa shape index (κ2) is 8.76. The second-order valence-corrected chi connectivity index (χ2v) is 9.15.